The third-order valence-corrected chi connectivity index (χ3v) is 8.77. The molecule has 4 rings (SSSR count). The van der Waals surface area contributed by atoms with Crippen LogP contribution in [0.3, 0.4) is 0 Å². The molecule has 0 bridgehead atoms. The van der Waals surface area contributed by atoms with Gasteiger partial charge in [0.15, 0.2) is 0 Å². The van der Waals surface area contributed by atoms with Crippen molar-refractivity contribution in [1.82, 2.24) is 0 Å². The minimum atomic E-state index is -0.109. The maximum absolute atomic E-state index is 2.47. The molecule has 0 aliphatic heterocycles. The van der Waals surface area contributed by atoms with Gasteiger partial charge in [-0.2, -0.15) is 0 Å². The molecule has 2 atom stereocenters. The van der Waals surface area contributed by atoms with Crippen molar-refractivity contribution in [3.05, 3.63) is 80.9 Å². The number of benzene rings is 2. The summed E-state index contributed by atoms with van der Waals surface area (Å²) in [4.78, 5) is 0. The summed E-state index contributed by atoms with van der Waals surface area (Å²) in [6.45, 7) is 9.25. The van der Waals surface area contributed by atoms with Crippen molar-refractivity contribution in [2.45, 2.75) is 64.5 Å². The zero-order valence-electron chi connectivity index (χ0n) is 17.3. The van der Waals surface area contributed by atoms with Crippen molar-refractivity contribution < 1.29 is 0 Å². The lowest BCUT2D eigenvalue weighted by atomic mass is 9.95. The molecular formula is C26H32Si. The standard InChI is InChI=1S/C26H32Si/c1-5-19-9-7-11-21-23(19)13-17(3)25(21)15-27-16-26-18(4)14-24-20(6-2)10-8-12-22(24)26/h7-14,25-26H,5-6,15-16,27H2,1-4H3. The van der Waals surface area contributed by atoms with Gasteiger partial charge < -0.3 is 0 Å². The first-order valence-corrected chi connectivity index (χ1v) is 12.7. The Balaban J connectivity index is 1.47. The molecule has 2 aromatic carbocycles. The van der Waals surface area contributed by atoms with Crippen LogP contribution in [0, 0.1) is 0 Å². The fraction of sp³-hybridized carbons (Fsp3) is 0.385. The van der Waals surface area contributed by atoms with Crippen LogP contribution in [0.5, 0.6) is 0 Å². The quantitative estimate of drug-likeness (QED) is 0.506. The molecule has 2 aliphatic carbocycles. The first-order chi connectivity index (χ1) is 13.1. The number of rotatable bonds is 6. The van der Waals surface area contributed by atoms with Crippen molar-refractivity contribution in [2.24, 2.45) is 0 Å². The molecule has 0 spiro atoms. The van der Waals surface area contributed by atoms with Crippen molar-refractivity contribution >= 4 is 21.7 Å². The number of fused-ring (bicyclic) bond motifs is 2. The molecule has 0 nitrogen and oxygen atoms in total. The molecule has 0 N–H and O–H groups in total. The molecule has 2 aliphatic rings. The highest BCUT2D eigenvalue weighted by Gasteiger charge is 2.26. The Labute approximate surface area is 167 Å². The monoisotopic (exact) mass is 372 g/mol. The van der Waals surface area contributed by atoms with Gasteiger partial charge in [0.2, 0.25) is 0 Å². The van der Waals surface area contributed by atoms with Crippen LogP contribution in [-0.2, 0) is 12.8 Å². The summed E-state index contributed by atoms with van der Waals surface area (Å²) in [7, 11) is -0.109. The summed E-state index contributed by atoms with van der Waals surface area (Å²) < 4.78 is 0. The molecule has 0 saturated heterocycles. The lowest BCUT2D eigenvalue weighted by molar-refractivity contribution is 0.873. The molecule has 0 radical (unpaired) electrons. The second-order valence-electron chi connectivity index (χ2n) is 8.36. The fourth-order valence-corrected chi connectivity index (χ4v) is 7.87. The molecule has 140 valence electrons. The van der Waals surface area contributed by atoms with E-state index in [0.717, 1.165) is 12.8 Å². The maximum Gasteiger partial charge on any atom is 0.0218 e. The van der Waals surface area contributed by atoms with Gasteiger partial charge in [0.25, 0.3) is 0 Å². The van der Waals surface area contributed by atoms with Gasteiger partial charge in [0.05, 0.1) is 0 Å². The first kappa shape index (κ1) is 18.5. The van der Waals surface area contributed by atoms with Crippen LogP contribution >= 0.6 is 0 Å². The van der Waals surface area contributed by atoms with E-state index >= 15 is 0 Å². The Morgan fingerprint density at radius 3 is 1.56 bits per heavy atom. The smallest absolute Gasteiger partial charge is 0.0218 e. The molecule has 0 aromatic heterocycles. The van der Waals surface area contributed by atoms with Crippen LogP contribution in [0.4, 0.5) is 0 Å². The second-order valence-corrected chi connectivity index (χ2v) is 10.2. The van der Waals surface area contributed by atoms with E-state index in [0.29, 0.717) is 11.8 Å². The van der Waals surface area contributed by atoms with Gasteiger partial charge in [0, 0.05) is 21.4 Å². The average molecular weight is 373 g/mol. The van der Waals surface area contributed by atoms with Crippen LogP contribution in [0.15, 0.2) is 47.5 Å². The van der Waals surface area contributed by atoms with Gasteiger partial charge in [-0.15, -0.1) is 0 Å². The van der Waals surface area contributed by atoms with Crippen molar-refractivity contribution in [3.63, 3.8) is 0 Å². The Morgan fingerprint density at radius 2 is 1.15 bits per heavy atom. The summed E-state index contributed by atoms with van der Waals surface area (Å²) in [5.74, 6) is 1.37. The molecule has 2 unspecified atom stereocenters. The first-order valence-electron chi connectivity index (χ1n) is 10.7. The predicted molar refractivity (Wildman–Crippen MR) is 123 cm³/mol. The van der Waals surface area contributed by atoms with Gasteiger partial charge in [-0.3, -0.25) is 0 Å². The van der Waals surface area contributed by atoms with E-state index in [4.69, 9.17) is 0 Å². The van der Waals surface area contributed by atoms with E-state index in [1.54, 1.807) is 22.3 Å². The second kappa shape index (κ2) is 7.64. The summed E-state index contributed by atoms with van der Waals surface area (Å²) >= 11 is 0. The maximum atomic E-state index is 2.47. The molecule has 0 amide bonds. The minimum Gasteiger partial charge on any atom is -0.0655 e. The highest BCUT2D eigenvalue weighted by molar-refractivity contribution is 6.36. The van der Waals surface area contributed by atoms with Gasteiger partial charge in [-0.25, -0.2) is 0 Å². The van der Waals surface area contributed by atoms with Crippen LogP contribution in [-0.4, -0.2) is 9.52 Å². The molecule has 0 heterocycles. The number of hydrogen-bond acceptors (Lipinski definition) is 0. The van der Waals surface area contributed by atoms with Crippen LogP contribution in [0.25, 0.3) is 12.2 Å². The number of hydrogen-bond donors (Lipinski definition) is 0. The Kier molecular flexibility index (Phi) is 5.23. The molecular weight excluding hydrogens is 340 g/mol. The average Bonchev–Trinajstić information content (AvgIpc) is 3.18. The lowest BCUT2D eigenvalue weighted by Gasteiger charge is -2.18. The number of aryl methyl sites for hydroxylation is 2. The van der Waals surface area contributed by atoms with Gasteiger partial charge in [0.1, 0.15) is 0 Å². The van der Waals surface area contributed by atoms with E-state index in [2.05, 4.69) is 76.2 Å². The third-order valence-electron chi connectivity index (χ3n) is 6.80. The van der Waals surface area contributed by atoms with Gasteiger partial charge >= 0.3 is 0 Å². The zero-order chi connectivity index (χ0) is 19.0. The predicted octanol–water partition coefficient (Wildman–Crippen LogP) is 6.52. The van der Waals surface area contributed by atoms with Crippen LogP contribution < -0.4 is 0 Å². The largest absolute Gasteiger partial charge is 0.0655 e. The van der Waals surface area contributed by atoms with E-state index in [1.807, 2.05) is 0 Å². The zero-order valence-corrected chi connectivity index (χ0v) is 18.7. The van der Waals surface area contributed by atoms with Crippen molar-refractivity contribution in [3.8, 4) is 0 Å². The molecule has 2 aromatic rings. The SMILES string of the molecule is CCc1cccc2c1C=C(C)C2C[SiH2]CC1C(C)=Cc2c(CC)cccc21. The minimum absolute atomic E-state index is 0.109. The highest BCUT2D eigenvalue weighted by Crippen LogP contribution is 2.43. The highest BCUT2D eigenvalue weighted by atomic mass is 28.2. The van der Waals surface area contributed by atoms with Crippen LogP contribution in [0.2, 0.25) is 12.1 Å². The van der Waals surface area contributed by atoms with E-state index in [-0.39, 0.29) is 9.52 Å². The molecule has 27 heavy (non-hydrogen) atoms. The van der Waals surface area contributed by atoms with Gasteiger partial charge in [-0.1, -0.05) is 85.6 Å². The van der Waals surface area contributed by atoms with Crippen molar-refractivity contribution in [2.75, 3.05) is 0 Å². The molecule has 1 heteroatoms. The Hall–Kier alpha value is -1.86. The fourth-order valence-electron chi connectivity index (χ4n) is 5.28. The number of allylic oxidation sites excluding steroid dienone is 2. The summed E-state index contributed by atoms with van der Waals surface area (Å²) in [6.07, 6.45) is 7.22. The summed E-state index contributed by atoms with van der Waals surface area (Å²) in [6, 6.07) is 16.7. The van der Waals surface area contributed by atoms with Gasteiger partial charge in [-0.05, 0) is 60.1 Å². The Bertz CT molecular complexity index is 840. The van der Waals surface area contributed by atoms with E-state index in [1.165, 1.54) is 34.3 Å². The normalized spacial score (nSPS) is 20.7. The van der Waals surface area contributed by atoms with E-state index < -0.39 is 0 Å². The third kappa shape index (κ3) is 3.27. The summed E-state index contributed by atoms with van der Waals surface area (Å²) in [5, 5.41) is 0. The topological polar surface area (TPSA) is 0 Å². The van der Waals surface area contributed by atoms with E-state index in [9.17, 15) is 0 Å². The van der Waals surface area contributed by atoms with Crippen molar-refractivity contribution in [1.29, 1.82) is 0 Å². The molecule has 0 saturated carbocycles. The molecule has 0 fully saturated rings. The summed E-state index contributed by atoms with van der Waals surface area (Å²) in [5.41, 5.74) is 12.5. The van der Waals surface area contributed by atoms with Crippen LogP contribution in [0.1, 0.15) is 72.9 Å². The Morgan fingerprint density at radius 1 is 0.704 bits per heavy atom. The lowest BCUT2D eigenvalue weighted by Crippen LogP contribution is -2.07.